The van der Waals surface area contributed by atoms with Crippen molar-refractivity contribution < 1.29 is 48.1 Å². The van der Waals surface area contributed by atoms with Crippen molar-refractivity contribution in [3.8, 4) is 0 Å². The molecule has 0 aliphatic carbocycles. The van der Waals surface area contributed by atoms with E-state index in [-0.39, 0.29) is 0 Å². The van der Waals surface area contributed by atoms with E-state index in [1.54, 1.807) is 0 Å². The predicted octanol–water partition coefficient (Wildman–Crippen LogP) is 2.28. The van der Waals surface area contributed by atoms with E-state index in [1.807, 2.05) is 0 Å². The Hall–Kier alpha value is -1.04. The molecule has 0 radical (unpaired) electrons. The van der Waals surface area contributed by atoms with Crippen LogP contribution in [0.2, 0.25) is 0 Å². The Morgan fingerprint density at radius 1 is 1.16 bits per heavy atom. The molecule has 19 heavy (non-hydrogen) atoms. The fourth-order valence-electron chi connectivity index (χ4n) is 0.730. The van der Waals surface area contributed by atoms with Gasteiger partial charge in [-0.2, -0.15) is 34.8 Å². The van der Waals surface area contributed by atoms with E-state index < -0.39 is 53.6 Å². The van der Waals surface area contributed by atoms with E-state index in [0.29, 0.717) is 0 Å². The normalized spacial score (nSPS) is 14.1. The summed E-state index contributed by atoms with van der Waals surface area (Å²) in [5.41, 5.74) is 0. The minimum atomic E-state index is -5.13. The summed E-state index contributed by atoms with van der Waals surface area (Å²) in [4.78, 5) is 0. The monoisotopic (exact) mass is 320 g/mol. The number of hydrogen-bond acceptors (Lipinski definition) is 4. The first-order valence-electron chi connectivity index (χ1n) is 4.37. The molecule has 0 heterocycles. The van der Waals surface area contributed by atoms with Gasteiger partial charge in [0.2, 0.25) is 0 Å². The molecular formula is C7H7F7O4S. The van der Waals surface area contributed by atoms with Gasteiger partial charge in [-0.25, -0.2) is 0 Å². The molecule has 0 N–H and O–H groups in total. The Kier molecular flexibility index (Phi) is 6.55. The van der Waals surface area contributed by atoms with Crippen LogP contribution >= 0.6 is 0 Å². The van der Waals surface area contributed by atoms with Crippen molar-refractivity contribution in [3.05, 3.63) is 12.1 Å². The van der Waals surface area contributed by atoms with Gasteiger partial charge in [0, 0.05) is 0 Å². The van der Waals surface area contributed by atoms with Crippen LogP contribution in [0.1, 0.15) is 0 Å². The first-order valence-corrected chi connectivity index (χ1v) is 5.93. The highest BCUT2D eigenvalue weighted by atomic mass is 32.3. The summed E-state index contributed by atoms with van der Waals surface area (Å²) in [5.74, 6) is -1.37. The molecule has 1 unspecified atom stereocenters. The standard InChI is InChI=1S/C7H7F7O4S/c8-5(9)6(10)18-3-4(7(11,12)13)17-1-2-19(14,15)16/h4H,1-3H2. The van der Waals surface area contributed by atoms with Crippen LogP contribution in [0.5, 0.6) is 0 Å². The summed E-state index contributed by atoms with van der Waals surface area (Å²) in [6.07, 6.45) is -11.0. The fourth-order valence-corrected chi connectivity index (χ4v) is 1.03. The maximum atomic E-state index is 12.2. The number of alkyl halides is 3. The molecule has 12 heteroatoms. The van der Waals surface area contributed by atoms with E-state index in [2.05, 4.69) is 9.47 Å². The van der Waals surface area contributed by atoms with E-state index in [1.165, 1.54) is 0 Å². The Morgan fingerprint density at radius 3 is 2.05 bits per heavy atom. The van der Waals surface area contributed by atoms with Crippen molar-refractivity contribution in [2.75, 3.05) is 19.0 Å². The zero-order chi connectivity index (χ0) is 15.3. The first kappa shape index (κ1) is 18.0. The van der Waals surface area contributed by atoms with Gasteiger partial charge in [0.25, 0.3) is 0 Å². The lowest BCUT2D eigenvalue weighted by Crippen LogP contribution is -2.37. The highest BCUT2D eigenvalue weighted by Crippen LogP contribution is 2.24. The molecule has 0 aromatic carbocycles. The molecule has 0 aliphatic heterocycles. The molecule has 4 nitrogen and oxygen atoms in total. The zero-order valence-electron chi connectivity index (χ0n) is 8.89. The van der Waals surface area contributed by atoms with Crippen molar-refractivity contribution in [2.45, 2.75) is 12.3 Å². The lowest BCUT2D eigenvalue weighted by atomic mass is 10.4. The fraction of sp³-hybridized carbons (Fsp3) is 0.714. The van der Waals surface area contributed by atoms with Gasteiger partial charge in [-0.15, -0.1) is 3.89 Å². The smallest absolute Gasteiger partial charge is 0.417 e. The molecule has 0 spiro atoms. The van der Waals surface area contributed by atoms with Crippen LogP contribution < -0.4 is 0 Å². The van der Waals surface area contributed by atoms with Gasteiger partial charge in [-0.05, 0) is 0 Å². The number of rotatable bonds is 7. The average Bonchev–Trinajstić information content (AvgIpc) is 2.18. The van der Waals surface area contributed by atoms with Crippen molar-refractivity contribution in [3.63, 3.8) is 0 Å². The van der Waals surface area contributed by atoms with Gasteiger partial charge in [-0.1, -0.05) is 0 Å². The van der Waals surface area contributed by atoms with Crippen LogP contribution in [0.15, 0.2) is 12.1 Å². The molecule has 0 saturated heterocycles. The van der Waals surface area contributed by atoms with Gasteiger partial charge in [0.1, 0.15) is 12.4 Å². The Bertz CT molecular complexity index is 412. The van der Waals surface area contributed by atoms with Crippen molar-refractivity contribution in [1.82, 2.24) is 0 Å². The number of ether oxygens (including phenoxy) is 2. The van der Waals surface area contributed by atoms with Crippen LogP contribution in [0, 0.1) is 0 Å². The maximum Gasteiger partial charge on any atom is 0.417 e. The van der Waals surface area contributed by atoms with Crippen molar-refractivity contribution in [1.29, 1.82) is 0 Å². The molecule has 0 amide bonds. The lowest BCUT2D eigenvalue weighted by molar-refractivity contribution is -0.231. The lowest BCUT2D eigenvalue weighted by Gasteiger charge is -2.20. The molecule has 114 valence electrons. The summed E-state index contributed by atoms with van der Waals surface area (Å²) in [6.45, 7) is -2.87. The van der Waals surface area contributed by atoms with Gasteiger partial charge in [-0.3, -0.25) is 0 Å². The first-order chi connectivity index (χ1) is 8.43. The molecular weight excluding hydrogens is 313 g/mol. The Labute approximate surface area is 103 Å². The summed E-state index contributed by atoms with van der Waals surface area (Å²) in [7, 11) is -5.05. The highest BCUT2D eigenvalue weighted by Gasteiger charge is 2.41. The van der Waals surface area contributed by atoms with Crippen LogP contribution in [-0.4, -0.2) is 39.7 Å². The van der Waals surface area contributed by atoms with E-state index in [4.69, 9.17) is 0 Å². The second kappa shape index (κ2) is 6.93. The highest BCUT2D eigenvalue weighted by molar-refractivity contribution is 7.86. The predicted molar refractivity (Wildman–Crippen MR) is 47.0 cm³/mol. The molecule has 0 fully saturated rings. The van der Waals surface area contributed by atoms with Gasteiger partial charge >= 0.3 is 28.5 Å². The van der Waals surface area contributed by atoms with Gasteiger partial charge < -0.3 is 9.47 Å². The second-order valence-corrected chi connectivity index (χ2v) is 4.48. The van der Waals surface area contributed by atoms with Crippen molar-refractivity contribution >= 4 is 10.2 Å². The molecule has 0 rings (SSSR count). The van der Waals surface area contributed by atoms with E-state index in [9.17, 15) is 38.6 Å². The quantitative estimate of drug-likeness (QED) is 0.410. The topological polar surface area (TPSA) is 52.6 Å². The molecule has 0 bridgehead atoms. The molecule has 0 aromatic rings. The van der Waals surface area contributed by atoms with Crippen LogP contribution in [0.25, 0.3) is 0 Å². The zero-order valence-corrected chi connectivity index (χ0v) is 9.70. The van der Waals surface area contributed by atoms with Crippen LogP contribution in [0.3, 0.4) is 0 Å². The van der Waals surface area contributed by atoms with E-state index in [0.717, 1.165) is 0 Å². The second-order valence-electron chi connectivity index (χ2n) is 2.99. The number of halogens is 7. The van der Waals surface area contributed by atoms with Crippen LogP contribution in [0.4, 0.5) is 30.2 Å². The average molecular weight is 320 g/mol. The SMILES string of the molecule is O=S(=O)(F)CCOC(COC(F)=C(F)F)C(F)(F)F. The molecule has 1 atom stereocenters. The Balaban J connectivity index is 4.46. The van der Waals surface area contributed by atoms with Gasteiger partial charge in [0.05, 0.1) is 6.61 Å². The van der Waals surface area contributed by atoms with Gasteiger partial charge in [0.15, 0.2) is 6.10 Å². The third kappa shape index (κ3) is 8.64. The van der Waals surface area contributed by atoms with E-state index >= 15 is 0 Å². The molecule has 0 aromatic heterocycles. The van der Waals surface area contributed by atoms with Crippen LogP contribution in [-0.2, 0) is 19.7 Å². The molecule has 0 aliphatic rings. The third-order valence-electron chi connectivity index (χ3n) is 1.52. The summed E-state index contributed by atoms with van der Waals surface area (Å²) >= 11 is 0. The third-order valence-corrected chi connectivity index (χ3v) is 2.18. The number of hydrogen-bond donors (Lipinski definition) is 0. The minimum Gasteiger partial charge on any atom is -0.464 e. The Morgan fingerprint density at radius 2 is 1.68 bits per heavy atom. The summed E-state index contributed by atoms with van der Waals surface area (Å²) in [5, 5.41) is 0. The maximum absolute atomic E-state index is 12.2. The van der Waals surface area contributed by atoms with Crippen molar-refractivity contribution in [2.24, 2.45) is 0 Å². The largest absolute Gasteiger partial charge is 0.464 e. The molecule has 0 saturated carbocycles. The summed E-state index contributed by atoms with van der Waals surface area (Å²) < 4.78 is 111. The summed E-state index contributed by atoms with van der Waals surface area (Å²) in [6, 6.07) is -2.52. The minimum absolute atomic E-state index is 1.20.